The lowest BCUT2D eigenvalue weighted by molar-refractivity contribution is -0.119. The Kier molecular flexibility index (Phi) is 8.76. The van der Waals surface area contributed by atoms with E-state index in [-0.39, 0.29) is 18.0 Å². The third-order valence-electron chi connectivity index (χ3n) is 2.20. The van der Waals surface area contributed by atoms with E-state index in [0.717, 1.165) is 18.6 Å². The molecule has 0 aliphatic carbocycles. The Morgan fingerprint density at radius 2 is 1.88 bits per heavy atom. The summed E-state index contributed by atoms with van der Waals surface area (Å²) in [6.07, 6.45) is 2.22. The second kappa shape index (κ2) is 8.88. The van der Waals surface area contributed by atoms with Crippen molar-refractivity contribution in [1.82, 2.24) is 5.32 Å². The van der Waals surface area contributed by atoms with Gasteiger partial charge in [-0.1, -0.05) is 13.8 Å². The van der Waals surface area contributed by atoms with Crippen LogP contribution in [0.3, 0.4) is 0 Å². The van der Waals surface area contributed by atoms with E-state index in [4.69, 9.17) is 5.73 Å². The molecule has 0 bridgehead atoms. The maximum absolute atomic E-state index is 11.5. The van der Waals surface area contributed by atoms with Crippen LogP contribution in [-0.4, -0.2) is 29.5 Å². The SMILES string of the molecule is CC(C)CCC(C)NC(=O)CSCC(C)N. The Morgan fingerprint density at radius 3 is 2.38 bits per heavy atom. The lowest BCUT2D eigenvalue weighted by atomic mass is 10.0. The molecular formula is C12H26N2OS. The molecule has 3 N–H and O–H groups in total. The van der Waals surface area contributed by atoms with Gasteiger partial charge in [0.15, 0.2) is 0 Å². The summed E-state index contributed by atoms with van der Waals surface area (Å²) < 4.78 is 0. The fourth-order valence-electron chi connectivity index (χ4n) is 1.31. The first-order chi connectivity index (χ1) is 7.41. The number of nitrogens with two attached hydrogens (primary N) is 1. The van der Waals surface area contributed by atoms with Crippen LogP contribution in [-0.2, 0) is 4.79 Å². The highest BCUT2D eigenvalue weighted by Crippen LogP contribution is 2.07. The first-order valence-corrected chi connectivity index (χ1v) is 7.20. The Balaban J connectivity index is 3.54. The van der Waals surface area contributed by atoms with E-state index in [1.165, 1.54) is 0 Å². The first kappa shape index (κ1) is 15.8. The number of amides is 1. The molecule has 0 fully saturated rings. The summed E-state index contributed by atoms with van der Waals surface area (Å²) in [4.78, 5) is 11.5. The minimum absolute atomic E-state index is 0.127. The molecule has 3 nitrogen and oxygen atoms in total. The fourth-order valence-corrected chi connectivity index (χ4v) is 2.07. The van der Waals surface area contributed by atoms with Crippen molar-refractivity contribution in [3.05, 3.63) is 0 Å². The summed E-state index contributed by atoms with van der Waals surface area (Å²) in [6.45, 7) is 8.42. The highest BCUT2D eigenvalue weighted by molar-refractivity contribution is 7.99. The number of hydrogen-bond acceptors (Lipinski definition) is 3. The predicted octanol–water partition coefficient (Wildman–Crippen LogP) is 2.01. The second-order valence-corrected chi connectivity index (χ2v) is 5.96. The number of rotatable bonds is 8. The van der Waals surface area contributed by atoms with Crippen LogP contribution in [0, 0.1) is 5.92 Å². The standard InChI is InChI=1S/C12H26N2OS/c1-9(2)5-6-11(4)14-12(15)8-16-7-10(3)13/h9-11H,5-8,13H2,1-4H3,(H,14,15). The molecule has 0 aromatic heterocycles. The van der Waals surface area contributed by atoms with Crippen molar-refractivity contribution in [1.29, 1.82) is 0 Å². The van der Waals surface area contributed by atoms with Gasteiger partial charge < -0.3 is 11.1 Å². The number of thioether (sulfide) groups is 1. The van der Waals surface area contributed by atoms with Crippen LogP contribution in [0.5, 0.6) is 0 Å². The molecule has 0 spiro atoms. The minimum atomic E-state index is 0.127. The molecular weight excluding hydrogens is 220 g/mol. The van der Waals surface area contributed by atoms with Gasteiger partial charge in [0.2, 0.25) is 5.91 Å². The Labute approximate surface area is 104 Å². The van der Waals surface area contributed by atoms with Crippen molar-refractivity contribution in [2.24, 2.45) is 11.7 Å². The van der Waals surface area contributed by atoms with Gasteiger partial charge >= 0.3 is 0 Å². The van der Waals surface area contributed by atoms with Gasteiger partial charge in [-0.3, -0.25) is 4.79 Å². The molecule has 16 heavy (non-hydrogen) atoms. The van der Waals surface area contributed by atoms with E-state index in [0.29, 0.717) is 11.7 Å². The van der Waals surface area contributed by atoms with Gasteiger partial charge in [-0.05, 0) is 32.6 Å². The van der Waals surface area contributed by atoms with Gasteiger partial charge in [0.25, 0.3) is 0 Å². The first-order valence-electron chi connectivity index (χ1n) is 6.04. The van der Waals surface area contributed by atoms with Crippen LogP contribution in [0.25, 0.3) is 0 Å². The average Bonchev–Trinajstić information content (AvgIpc) is 2.14. The highest BCUT2D eigenvalue weighted by atomic mass is 32.2. The van der Waals surface area contributed by atoms with Crippen LogP contribution in [0.15, 0.2) is 0 Å². The quantitative estimate of drug-likeness (QED) is 0.689. The molecule has 0 aromatic rings. The van der Waals surface area contributed by atoms with E-state index < -0.39 is 0 Å². The number of carbonyl (C=O) groups excluding carboxylic acids is 1. The number of carbonyl (C=O) groups is 1. The monoisotopic (exact) mass is 246 g/mol. The third-order valence-corrected chi connectivity index (χ3v) is 3.43. The smallest absolute Gasteiger partial charge is 0.230 e. The highest BCUT2D eigenvalue weighted by Gasteiger charge is 2.08. The molecule has 2 unspecified atom stereocenters. The summed E-state index contributed by atoms with van der Waals surface area (Å²) in [5.41, 5.74) is 5.61. The molecule has 96 valence electrons. The average molecular weight is 246 g/mol. The molecule has 0 saturated carbocycles. The Morgan fingerprint density at radius 1 is 1.25 bits per heavy atom. The van der Waals surface area contributed by atoms with E-state index >= 15 is 0 Å². The molecule has 0 rings (SSSR count). The zero-order chi connectivity index (χ0) is 12.6. The van der Waals surface area contributed by atoms with Crippen molar-refractivity contribution >= 4 is 17.7 Å². The largest absolute Gasteiger partial charge is 0.353 e. The Hall–Kier alpha value is -0.220. The van der Waals surface area contributed by atoms with E-state index in [1.807, 2.05) is 6.92 Å². The molecule has 0 aromatic carbocycles. The van der Waals surface area contributed by atoms with Gasteiger partial charge in [-0.25, -0.2) is 0 Å². The van der Waals surface area contributed by atoms with Crippen molar-refractivity contribution in [2.45, 2.75) is 52.6 Å². The lowest BCUT2D eigenvalue weighted by Gasteiger charge is -2.15. The van der Waals surface area contributed by atoms with Crippen molar-refractivity contribution in [3.8, 4) is 0 Å². The number of nitrogens with one attached hydrogen (secondary N) is 1. The van der Waals surface area contributed by atoms with Crippen LogP contribution < -0.4 is 11.1 Å². The van der Waals surface area contributed by atoms with Gasteiger partial charge in [-0.2, -0.15) is 11.8 Å². The summed E-state index contributed by atoms with van der Waals surface area (Å²) in [5, 5.41) is 3.01. The zero-order valence-electron chi connectivity index (χ0n) is 11.0. The molecule has 0 heterocycles. The van der Waals surface area contributed by atoms with Crippen molar-refractivity contribution in [3.63, 3.8) is 0 Å². The van der Waals surface area contributed by atoms with Crippen molar-refractivity contribution < 1.29 is 4.79 Å². The maximum Gasteiger partial charge on any atom is 0.230 e. The fraction of sp³-hybridized carbons (Fsp3) is 0.917. The van der Waals surface area contributed by atoms with Gasteiger partial charge in [0.05, 0.1) is 5.75 Å². The predicted molar refractivity (Wildman–Crippen MR) is 72.7 cm³/mol. The second-order valence-electron chi connectivity index (χ2n) is 4.93. The van der Waals surface area contributed by atoms with E-state index in [1.54, 1.807) is 11.8 Å². The number of hydrogen-bond donors (Lipinski definition) is 2. The molecule has 1 amide bonds. The minimum Gasteiger partial charge on any atom is -0.353 e. The summed E-state index contributed by atoms with van der Waals surface area (Å²) in [6, 6.07) is 0.446. The normalized spacial score (nSPS) is 14.9. The van der Waals surface area contributed by atoms with E-state index in [9.17, 15) is 4.79 Å². The van der Waals surface area contributed by atoms with Crippen LogP contribution in [0.4, 0.5) is 0 Å². The molecule has 0 aliphatic rings. The molecule has 4 heteroatoms. The summed E-state index contributed by atoms with van der Waals surface area (Å²) >= 11 is 1.60. The lowest BCUT2D eigenvalue weighted by Crippen LogP contribution is -2.34. The van der Waals surface area contributed by atoms with Crippen LogP contribution in [0.1, 0.15) is 40.5 Å². The molecule has 2 atom stereocenters. The van der Waals surface area contributed by atoms with Crippen LogP contribution >= 0.6 is 11.8 Å². The molecule has 0 aliphatic heterocycles. The topological polar surface area (TPSA) is 55.1 Å². The molecule has 0 radical (unpaired) electrons. The molecule has 0 saturated heterocycles. The third kappa shape index (κ3) is 10.3. The van der Waals surface area contributed by atoms with E-state index in [2.05, 4.69) is 26.1 Å². The van der Waals surface area contributed by atoms with Gasteiger partial charge in [0, 0.05) is 17.8 Å². The summed E-state index contributed by atoms with van der Waals surface area (Å²) in [5.74, 6) is 2.19. The van der Waals surface area contributed by atoms with Gasteiger partial charge in [-0.15, -0.1) is 0 Å². The summed E-state index contributed by atoms with van der Waals surface area (Å²) in [7, 11) is 0. The Bertz CT molecular complexity index is 195. The maximum atomic E-state index is 11.5. The van der Waals surface area contributed by atoms with Crippen LogP contribution in [0.2, 0.25) is 0 Å². The van der Waals surface area contributed by atoms with Gasteiger partial charge in [0.1, 0.15) is 0 Å². The van der Waals surface area contributed by atoms with Crippen molar-refractivity contribution in [2.75, 3.05) is 11.5 Å². The zero-order valence-corrected chi connectivity index (χ0v) is 11.8.